The zero-order valence-electron chi connectivity index (χ0n) is 8.93. The third-order valence-corrected chi connectivity index (χ3v) is 3.40. The summed E-state index contributed by atoms with van der Waals surface area (Å²) in [6.45, 7) is 1.76. The molecular weight excluding hydrogens is 217 g/mol. The second-order valence-corrected chi connectivity index (χ2v) is 4.68. The van der Waals surface area contributed by atoms with Crippen LogP contribution in [0, 0.1) is 17.5 Å². The minimum Gasteiger partial charge on any atom is -0.393 e. The van der Waals surface area contributed by atoms with Gasteiger partial charge in [-0.2, -0.15) is 0 Å². The predicted molar refractivity (Wildman–Crippen MR) is 53.5 cm³/mol. The van der Waals surface area contributed by atoms with E-state index < -0.39 is 29.0 Å². The lowest BCUT2D eigenvalue weighted by Gasteiger charge is -2.24. The Hall–Kier alpha value is -1.03. The smallest absolute Gasteiger partial charge is 0.194 e. The summed E-state index contributed by atoms with van der Waals surface area (Å²) in [5.41, 5.74) is -0.444. The van der Waals surface area contributed by atoms with Gasteiger partial charge in [0.25, 0.3) is 0 Å². The van der Waals surface area contributed by atoms with Crippen LogP contribution in [0.1, 0.15) is 31.7 Å². The Morgan fingerprint density at radius 3 is 2.50 bits per heavy atom. The Balaban J connectivity index is 2.45. The number of hydrogen-bond acceptors (Lipinski definition) is 1. The second-order valence-electron chi connectivity index (χ2n) is 4.68. The number of benzene rings is 1. The highest BCUT2D eigenvalue weighted by Gasteiger charge is 2.38. The fourth-order valence-corrected chi connectivity index (χ4v) is 2.45. The normalized spacial score (nSPS) is 29.7. The van der Waals surface area contributed by atoms with Crippen molar-refractivity contribution in [2.45, 2.75) is 37.7 Å². The van der Waals surface area contributed by atoms with Crippen LogP contribution in [0.15, 0.2) is 12.1 Å². The summed E-state index contributed by atoms with van der Waals surface area (Å²) in [4.78, 5) is 0. The van der Waals surface area contributed by atoms with Crippen molar-refractivity contribution in [1.29, 1.82) is 0 Å². The van der Waals surface area contributed by atoms with Gasteiger partial charge in [-0.25, -0.2) is 13.2 Å². The van der Waals surface area contributed by atoms with Gasteiger partial charge in [-0.1, -0.05) is 13.0 Å². The lowest BCUT2D eigenvalue weighted by atomic mass is 9.80. The lowest BCUT2D eigenvalue weighted by Crippen LogP contribution is -2.21. The molecule has 0 saturated heterocycles. The molecule has 1 saturated carbocycles. The number of halogens is 3. The molecule has 0 amide bonds. The van der Waals surface area contributed by atoms with Crippen molar-refractivity contribution in [3.05, 3.63) is 35.1 Å². The average Bonchev–Trinajstić information content (AvgIpc) is 2.56. The lowest BCUT2D eigenvalue weighted by molar-refractivity contribution is 0.174. The number of aliphatic hydroxyl groups is 1. The highest BCUT2D eigenvalue weighted by atomic mass is 19.2. The topological polar surface area (TPSA) is 20.2 Å². The highest BCUT2D eigenvalue weighted by molar-refractivity contribution is 5.29. The first-order valence-corrected chi connectivity index (χ1v) is 5.26. The van der Waals surface area contributed by atoms with Gasteiger partial charge >= 0.3 is 0 Å². The van der Waals surface area contributed by atoms with Gasteiger partial charge in [-0.15, -0.1) is 0 Å². The molecular formula is C12H13F3O. The summed E-state index contributed by atoms with van der Waals surface area (Å²) in [5, 5.41) is 9.45. The first-order chi connectivity index (χ1) is 7.44. The van der Waals surface area contributed by atoms with E-state index in [1.807, 2.05) is 0 Å². The number of hydrogen-bond donors (Lipinski definition) is 1. The van der Waals surface area contributed by atoms with Crippen molar-refractivity contribution in [3.8, 4) is 0 Å². The van der Waals surface area contributed by atoms with E-state index in [1.165, 1.54) is 6.07 Å². The molecule has 0 aliphatic heterocycles. The first kappa shape index (κ1) is 11.5. The minimum atomic E-state index is -1.43. The molecule has 1 fully saturated rings. The Labute approximate surface area is 91.9 Å². The van der Waals surface area contributed by atoms with Crippen molar-refractivity contribution in [2.24, 2.45) is 0 Å². The molecule has 1 aliphatic rings. The van der Waals surface area contributed by atoms with Crippen LogP contribution in [0.25, 0.3) is 0 Å². The van der Waals surface area contributed by atoms with Crippen molar-refractivity contribution in [3.63, 3.8) is 0 Å². The summed E-state index contributed by atoms with van der Waals surface area (Å²) in [6.07, 6.45) is 1.04. The zero-order valence-corrected chi connectivity index (χ0v) is 8.93. The molecule has 2 rings (SSSR count). The van der Waals surface area contributed by atoms with Crippen LogP contribution in [0.5, 0.6) is 0 Å². The summed E-state index contributed by atoms with van der Waals surface area (Å²) in [7, 11) is 0. The standard InChI is InChI=1S/C12H13F3O/c1-12(5-4-7(16)6-12)8-2-3-9(13)11(15)10(8)14/h2-3,7,16H,4-6H2,1H3. The predicted octanol–water partition coefficient (Wildman–Crippen LogP) is 2.91. The van der Waals surface area contributed by atoms with E-state index in [-0.39, 0.29) is 5.56 Å². The largest absolute Gasteiger partial charge is 0.393 e. The molecule has 88 valence electrons. The van der Waals surface area contributed by atoms with Crippen LogP contribution in [0.3, 0.4) is 0 Å². The van der Waals surface area contributed by atoms with Gasteiger partial charge < -0.3 is 5.11 Å². The quantitative estimate of drug-likeness (QED) is 0.735. The van der Waals surface area contributed by atoms with Crippen molar-refractivity contribution < 1.29 is 18.3 Å². The van der Waals surface area contributed by atoms with E-state index in [0.29, 0.717) is 19.3 Å². The van der Waals surface area contributed by atoms with E-state index in [1.54, 1.807) is 6.92 Å². The van der Waals surface area contributed by atoms with Crippen LogP contribution in [-0.2, 0) is 5.41 Å². The molecule has 0 spiro atoms. The Morgan fingerprint density at radius 1 is 1.25 bits per heavy atom. The molecule has 4 heteroatoms. The number of aliphatic hydroxyl groups excluding tert-OH is 1. The summed E-state index contributed by atoms with van der Waals surface area (Å²) in [6, 6.07) is 2.20. The minimum absolute atomic E-state index is 0.156. The monoisotopic (exact) mass is 230 g/mol. The van der Waals surface area contributed by atoms with Gasteiger partial charge in [0, 0.05) is 0 Å². The molecule has 2 unspecified atom stereocenters. The molecule has 0 heterocycles. The third-order valence-electron chi connectivity index (χ3n) is 3.40. The van der Waals surface area contributed by atoms with Crippen molar-refractivity contribution in [2.75, 3.05) is 0 Å². The van der Waals surface area contributed by atoms with Crippen molar-refractivity contribution in [1.82, 2.24) is 0 Å². The van der Waals surface area contributed by atoms with Crippen LogP contribution in [-0.4, -0.2) is 11.2 Å². The Kier molecular flexibility index (Phi) is 2.70. The van der Waals surface area contributed by atoms with E-state index in [4.69, 9.17) is 0 Å². The maximum Gasteiger partial charge on any atom is 0.194 e. The molecule has 1 nitrogen and oxygen atoms in total. The number of rotatable bonds is 1. The molecule has 1 aromatic rings. The van der Waals surface area contributed by atoms with Gasteiger partial charge in [-0.3, -0.25) is 0 Å². The zero-order chi connectivity index (χ0) is 11.9. The fraction of sp³-hybridized carbons (Fsp3) is 0.500. The van der Waals surface area contributed by atoms with Gasteiger partial charge in [0.1, 0.15) is 0 Å². The van der Waals surface area contributed by atoms with E-state index in [9.17, 15) is 18.3 Å². The van der Waals surface area contributed by atoms with Gasteiger partial charge in [0.15, 0.2) is 17.5 Å². The van der Waals surface area contributed by atoms with Crippen molar-refractivity contribution >= 4 is 0 Å². The molecule has 1 aromatic carbocycles. The molecule has 16 heavy (non-hydrogen) atoms. The van der Waals surface area contributed by atoms with E-state index in [2.05, 4.69) is 0 Å². The Morgan fingerprint density at radius 2 is 1.94 bits per heavy atom. The van der Waals surface area contributed by atoms with Crippen LogP contribution < -0.4 is 0 Å². The molecule has 1 N–H and O–H groups in total. The third kappa shape index (κ3) is 1.71. The van der Waals surface area contributed by atoms with Gasteiger partial charge in [0.05, 0.1) is 6.10 Å². The highest BCUT2D eigenvalue weighted by Crippen LogP contribution is 2.42. The van der Waals surface area contributed by atoms with E-state index >= 15 is 0 Å². The molecule has 0 radical (unpaired) electrons. The van der Waals surface area contributed by atoms with Gasteiger partial charge in [0.2, 0.25) is 0 Å². The SMILES string of the molecule is CC1(c2ccc(F)c(F)c2F)CCC(O)C1. The Bertz CT molecular complexity index is 419. The average molecular weight is 230 g/mol. The second kappa shape index (κ2) is 3.77. The summed E-state index contributed by atoms with van der Waals surface area (Å²) < 4.78 is 39.5. The maximum atomic E-state index is 13.6. The summed E-state index contributed by atoms with van der Waals surface area (Å²) >= 11 is 0. The fourth-order valence-electron chi connectivity index (χ4n) is 2.45. The molecule has 2 atom stereocenters. The van der Waals surface area contributed by atoms with Crippen LogP contribution >= 0.6 is 0 Å². The van der Waals surface area contributed by atoms with Crippen LogP contribution in [0.2, 0.25) is 0 Å². The molecule has 0 aromatic heterocycles. The van der Waals surface area contributed by atoms with E-state index in [0.717, 1.165) is 6.07 Å². The maximum absolute atomic E-state index is 13.6. The first-order valence-electron chi connectivity index (χ1n) is 5.26. The van der Waals surface area contributed by atoms with Crippen LogP contribution in [0.4, 0.5) is 13.2 Å². The molecule has 0 bridgehead atoms. The molecule has 1 aliphatic carbocycles. The van der Waals surface area contributed by atoms with Gasteiger partial charge in [-0.05, 0) is 36.3 Å². The summed E-state index contributed by atoms with van der Waals surface area (Å²) in [5.74, 6) is -3.74.